The van der Waals surface area contributed by atoms with Crippen LogP contribution in [0, 0.1) is 11.8 Å². The van der Waals surface area contributed by atoms with Gasteiger partial charge in [0.25, 0.3) is 0 Å². The van der Waals surface area contributed by atoms with Gasteiger partial charge in [0.15, 0.2) is 0 Å². The standard InChI is InChI=1S/C23H40N2O5/c1-11-16-13-18(20(27)29-22(5,6)7)25(21(28)30-23(8,9)10)19(16)17(12-14(2)3)24-15(4)26/h11,14,16-19H,1,12-13H2,2-10H3,(H,24,26)/t16-,17+,18-,19-/m1/s1. The number of carbonyl (C=O) groups is 3. The third kappa shape index (κ3) is 7.65. The van der Waals surface area contributed by atoms with Crippen molar-refractivity contribution in [2.45, 2.75) is 104 Å². The minimum absolute atomic E-state index is 0.187. The van der Waals surface area contributed by atoms with Crippen molar-refractivity contribution < 1.29 is 23.9 Å². The molecule has 7 nitrogen and oxygen atoms in total. The van der Waals surface area contributed by atoms with Crippen LogP contribution in [-0.4, -0.2) is 52.2 Å². The average molecular weight is 425 g/mol. The first-order valence-corrected chi connectivity index (χ1v) is 10.7. The molecular formula is C23H40N2O5. The Morgan fingerprint density at radius 1 is 1.10 bits per heavy atom. The topological polar surface area (TPSA) is 84.9 Å². The molecule has 7 heteroatoms. The zero-order valence-electron chi connectivity index (χ0n) is 20.1. The fraction of sp³-hybridized carbons (Fsp3) is 0.783. The van der Waals surface area contributed by atoms with Crippen molar-refractivity contribution in [2.24, 2.45) is 11.8 Å². The lowest BCUT2D eigenvalue weighted by atomic mass is 9.88. The molecule has 1 heterocycles. The number of amides is 2. The summed E-state index contributed by atoms with van der Waals surface area (Å²) < 4.78 is 11.3. The Morgan fingerprint density at radius 3 is 2.03 bits per heavy atom. The van der Waals surface area contributed by atoms with E-state index in [2.05, 4.69) is 25.7 Å². The molecular weight excluding hydrogens is 384 g/mol. The van der Waals surface area contributed by atoms with E-state index in [1.807, 2.05) is 0 Å². The van der Waals surface area contributed by atoms with Gasteiger partial charge in [0.2, 0.25) is 5.91 Å². The Labute approximate surface area is 181 Å². The van der Waals surface area contributed by atoms with Crippen molar-refractivity contribution in [1.82, 2.24) is 10.2 Å². The van der Waals surface area contributed by atoms with Gasteiger partial charge in [-0.25, -0.2) is 9.59 Å². The van der Waals surface area contributed by atoms with E-state index < -0.39 is 35.3 Å². The van der Waals surface area contributed by atoms with E-state index in [-0.39, 0.29) is 23.8 Å². The molecule has 0 unspecified atom stereocenters. The Hall–Kier alpha value is -2.05. The second kappa shape index (κ2) is 9.84. The van der Waals surface area contributed by atoms with Crippen molar-refractivity contribution in [1.29, 1.82) is 0 Å². The summed E-state index contributed by atoms with van der Waals surface area (Å²) in [7, 11) is 0. The maximum absolute atomic E-state index is 13.2. The largest absolute Gasteiger partial charge is 0.458 e. The third-order valence-electron chi connectivity index (χ3n) is 4.70. The van der Waals surface area contributed by atoms with E-state index in [0.29, 0.717) is 12.8 Å². The van der Waals surface area contributed by atoms with Crippen LogP contribution in [0.4, 0.5) is 4.79 Å². The molecule has 1 aliphatic heterocycles. The van der Waals surface area contributed by atoms with Crippen molar-refractivity contribution >= 4 is 18.0 Å². The van der Waals surface area contributed by atoms with E-state index in [9.17, 15) is 14.4 Å². The van der Waals surface area contributed by atoms with E-state index in [1.165, 1.54) is 11.8 Å². The average Bonchev–Trinajstić information content (AvgIpc) is 2.89. The van der Waals surface area contributed by atoms with Crippen LogP contribution in [0.15, 0.2) is 12.7 Å². The van der Waals surface area contributed by atoms with Crippen LogP contribution in [-0.2, 0) is 19.1 Å². The molecule has 1 fully saturated rings. The van der Waals surface area contributed by atoms with Crippen molar-refractivity contribution in [2.75, 3.05) is 0 Å². The van der Waals surface area contributed by atoms with Crippen LogP contribution in [0.3, 0.4) is 0 Å². The van der Waals surface area contributed by atoms with E-state index >= 15 is 0 Å². The van der Waals surface area contributed by atoms with Gasteiger partial charge in [-0.3, -0.25) is 9.69 Å². The minimum Gasteiger partial charge on any atom is -0.458 e. The lowest BCUT2D eigenvalue weighted by molar-refractivity contribution is -0.160. The number of carbonyl (C=O) groups excluding carboxylic acids is 3. The quantitative estimate of drug-likeness (QED) is 0.513. The Balaban J connectivity index is 3.43. The molecule has 2 amide bonds. The summed E-state index contributed by atoms with van der Waals surface area (Å²) in [4.78, 5) is 39.7. The highest BCUT2D eigenvalue weighted by molar-refractivity contribution is 5.83. The van der Waals surface area contributed by atoms with Crippen LogP contribution in [0.5, 0.6) is 0 Å². The van der Waals surface area contributed by atoms with Crippen molar-refractivity contribution in [3.63, 3.8) is 0 Å². The summed E-state index contributed by atoms with van der Waals surface area (Å²) in [5, 5.41) is 2.98. The Morgan fingerprint density at radius 2 is 1.63 bits per heavy atom. The van der Waals surface area contributed by atoms with Crippen molar-refractivity contribution in [3.8, 4) is 0 Å². The molecule has 0 aromatic heterocycles. The molecule has 1 saturated heterocycles. The highest BCUT2D eigenvalue weighted by Gasteiger charge is 2.51. The van der Waals surface area contributed by atoms with Gasteiger partial charge >= 0.3 is 12.1 Å². The first kappa shape index (κ1) is 26.0. The number of nitrogens with one attached hydrogen (secondary N) is 1. The highest BCUT2D eigenvalue weighted by atomic mass is 16.6. The monoisotopic (exact) mass is 424 g/mol. The summed E-state index contributed by atoms with van der Waals surface area (Å²) in [5.41, 5.74) is -1.42. The number of nitrogens with zero attached hydrogens (tertiary/aromatic N) is 1. The van der Waals surface area contributed by atoms with Crippen LogP contribution in [0.1, 0.15) is 75.2 Å². The molecule has 0 aromatic rings. The maximum atomic E-state index is 13.2. The van der Waals surface area contributed by atoms with Gasteiger partial charge in [-0.2, -0.15) is 0 Å². The van der Waals surface area contributed by atoms with Gasteiger partial charge in [0.05, 0.1) is 12.1 Å². The zero-order valence-corrected chi connectivity index (χ0v) is 20.1. The molecule has 0 radical (unpaired) electrons. The lowest BCUT2D eigenvalue weighted by Crippen LogP contribution is -2.57. The predicted molar refractivity (Wildman–Crippen MR) is 117 cm³/mol. The maximum Gasteiger partial charge on any atom is 0.411 e. The number of hydrogen-bond donors (Lipinski definition) is 1. The second-order valence-electron chi connectivity index (χ2n) is 10.5. The molecule has 1 rings (SSSR count). The zero-order chi connectivity index (χ0) is 23.4. The fourth-order valence-electron chi connectivity index (χ4n) is 3.85. The van der Waals surface area contributed by atoms with Crippen molar-refractivity contribution in [3.05, 3.63) is 12.7 Å². The first-order chi connectivity index (χ1) is 13.6. The summed E-state index contributed by atoms with van der Waals surface area (Å²) >= 11 is 0. The summed E-state index contributed by atoms with van der Waals surface area (Å²) in [5.74, 6) is -0.582. The lowest BCUT2D eigenvalue weighted by Gasteiger charge is -2.38. The van der Waals surface area contributed by atoms with E-state index in [1.54, 1.807) is 47.6 Å². The van der Waals surface area contributed by atoms with Gasteiger partial charge < -0.3 is 14.8 Å². The summed E-state index contributed by atoms with van der Waals surface area (Å²) in [6.45, 7) is 20.2. The van der Waals surface area contributed by atoms with Gasteiger partial charge in [-0.15, -0.1) is 6.58 Å². The van der Waals surface area contributed by atoms with Crippen LogP contribution in [0.2, 0.25) is 0 Å². The molecule has 0 saturated carbocycles. The smallest absolute Gasteiger partial charge is 0.411 e. The normalized spacial score (nSPS) is 23.1. The van der Waals surface area contributed by atoms with E-state index in [0.717, 1.165) is 0 Å². The number of likely N-dealkylation sites (tertiary alicyclic amines) is 1. The molecule has 0 aliphatic carbocycles. The molecule has 4 atom stereocenters. The number of rotatable bonds is 6. The fourth-order valence-corrected chi connectivity index (χ4v) is 3.85. The van der Waals surface area contributed by atoms with Gasteiger partial charge in [0, 0.05) is 12.8 Å². The molecule has 1 aliphatic rings. The third-order valence-corrected chi connectivity index (χ3v) is 4.70. The molecule has 0 aromatic carbocycles. The van der Waals surface area contributed by atoms with Crippen LogP contribution in [0.25, 0.3) is 0 Å². The van der Waals surface area contributed by atoms with Gasteiger partial charge in [0.1, 0.15) is 17.2 Å². The van der Waals surface area contributed by atoms with Crippen LogP contribution >= 0.6 is 0 Å². The Bertz CT molecular complexity index is 645. The minimum atomic E-state index is -0.810. The van der Waals surface area contributed by atoms with Crippen LogP contribution < -0.4 is 5.32 Å². The molecule has 30 heavy (non-hydrogen) atoms. The summed E-state index contributed by atoms with van der Waals surface area (Å²) in [6, 6.07) is -1.61. The highest BCUT2D eigenvalue weighted by Crippen LogP contribution is 2.37. The Kier molecular flexibility index (Phi) is 8.52. The predicted octanol–water partition coefficient (Wildman–Crippen LogP) is 4.06. The molecule has 172 valence electrons. The summed E-state index contributed by atoms with van der Waals surface area (Å²) in [6.07, 6.45) is 2.18. The van der Waals surface area contributed by atoms with Gasteiger partial charge in [-0.05, 0) is 60.3 Å². The number of esters is 1. The molecule has 0 bridgehead atoms. The number of hydrogen-bond acceptors (Lipinski definition) is 5. The van der Waals surface area contributed by atoms with Gasteiger partial charge in [-0.1, -0.05) is 19.9 Å². The molecule has 1 N–H and O–H groups in total. The SMILES string of the molecule is C=C[C@@H]1C[C@H](C(=O)OC(C)(C)C)N(C(=O)OC(C)(C)C)[C@H]1[C@H](CC(C)C)NC(C)=O. The second-order valence-corrected chi connectivity index (χ2v) is 10.5. The number of ether oxygens (including phenoxy) is 2. The molecule has 0 spiro atoms. The first-order valence-electron chi connectivity index (χ1n) is 10.7. The van der Waals surface area contributed by atoms with E-state index in [4.69, 9.17) is 9.47 Å².